The van der Waals surface area contributed by atoms with Crippen molar-refractivity contribution in [1.82, 2.24) is 25.2 Å². The monoisotopic (exact) mass is 386 g/mol. The van der Waals surface area contributed by atoms with Crippen LogP contribution in [-0.2, 0) is 27.2 Å². The molecule has 140 valence electrons. The summed E-state index contributed by atoms with van der Waals surface area (Å²) in [7, 11) is 0. The Morgan fingerprint density at radius 2 is 2.11 bits per heavy atom. The summed E-state index contributed by atoms with van der Waals surface area (Å²) in [5.41, 5.74) is 1.53. The maximum atomic E-state index is 12.8. The van der Waals surface area contributed by atoms with Crippen LogP contribution < -0.4 is 5.32 Å². The molecule has 0 fully saturated rings. The number of thiazole rings is 1. The number of ether oxygens (including phenoxy) is 1. The Bertz CT molecular complexity index is 881. The lowest BCUT2D eigenvalue weighted by Gasteiger charge is -2.15. The van der Waals surface area contributed by atoms with Gasteiger partial charge in [-0.05, 0) is 22.9 Å². The van der Waals surface area contributed by atoms with Gasteiger partial charge in [-0.2, -0.15) is 0 Å². The standard InChI is InChI=1S/C17H18N6O3S/c1-2-26-15(24)9-13-10-27-17(19-13)20-16(25)14(23-11-18-21-22-23)8-12-6-4-3-5-7-12/h3-7,10-11,14H,2,8-9H2,1H3,(H,19,20,25)/t14-/m0/s1. The molecule has 1 amide bonds. The summed E-state index contributed by atoms with van der Waals surface area (Å²) in [6.45, 7) is 2.07. The number of tetrazole rings is 1. The zero-order valence-corrected chi connectivity index (χ0v) is 15.4. The highest BCUT2D eigenvalue weighted by molar-refractivity contribution is 7.13. The van der Waals surface area contributed by atoms with E-state index in [1.807, 2.05) is 30.3 Å². The van der Waals surface area contributed by atoms with E-state index in [1.54, 1.807) is 12.3 Å². The molecule has 2 heterocycles. The third-order valence-electron chi connectivity index (χ3n) is 3.67. The molecule has 0 radical (unpaired) electrons. The lowest BCUT2D eigenvalue weighted by atomic mass is 10.1. The number of aromatic nitrogens is 5. The number of hydrogen-bond donors (Lipinski definition) is 1. The number of nitrogens with zero attached hydrogens (tertiary/aromatic N) is 5. The lowest BCUT2D eigenvalue weighted by Crippen LogP contribution is -2.28. The molecule has 3 rings (SSSR count). The summed E-state index contributed by atoms with van der Waals surface area (Å²) in [5, 5.41) is 16.0. The number of esters is 1. The Morgan fingerprint density at radius 1 is 1.30 bits per heavy atom. The first kappa shape index (κ1) is 18.6. The lowest BCUT2D eigenvalue weighted by molar-refractivity contribution is -0.142. The largest absolute Gasteiger partial charge is 0.466 e. The molecule has 2 aromatic heterocycles. The highest BCUT2D eigenvalue weighted by Gasteiger charge is 2.23. The Morgan fingerprint density at radius 3 is 2.81 bits per heavy atom. The molecule has 0 saturated carbocycles. The van der Waals surface area contributed by atoms with Crippen LogP contribution in [0.4, 0.5) is 5.13 Å². The number of nitrogens with one attached hydrogen (secondary N) is 1. The van der Waals surface area contributed by atoms with Crippen molar-refractivity contribution >= 4 is 28.3 Å². The van der Waals surface area contributed by atoms with Crippen molar-refractivity contribution in [2.45, 2.75) is 25.8 Å². The van der Waals surface area contributed by atoms with Crippen molar-refractivity contribution in [3.05, 3.63) is 53.3 Å². The quantitative estimate of drug-likeness (QED) is 0.586. The van der Waals surface area contributed by atoms with Crippen molar-refractivity contribution in [3.8, 4) is 0 Å². The van der Waals surface area contributed by atoms with E-state index in [0.717, 1.165) is 5.56 Å². The molecular weight excluding hydrogens is 368 g/mol. The molecule has 3 aromatic rings. The topological polar surface area (TPSA) is 112 Å². The number of carbonyl (C=O) groups is 2. The Labute approximate surface area is 159 Å². The summed E-state index contributed by atoms with van der Waals surface area (Å²) in [6.07, 6.45) is 1.90. The molecule has 27 heavy (non-hydrogen) atoms. The highest BCUT2D eigenvalue weighted by atomic mass is 32.1. The van der Waals surface area contributed by atoms with Gasteiger partial charge >= 0.3 is 5.97 Å². The maximum Gasteiger partial charge on any atom is 0.311 e. The van der Waals surface area contributed by atoms with Gasteiger partial charge in [0.25, 0.3) is 5.91 Å². The predicted molar refractivity (Wildman–Crippen MR) is 98.1 cm³/mol. The van der Waals surface area contributed by atoms with Crippen molar-refractivity contribution < 1.29 is 14.3 Å². The fraction of sp³-hybridized carbons (Fsp3) is 0.294. The van der Waals surface area contributed by atoms with Crippen LogP contribution in [0.25, 0.3) is 0 Å². The van der Waals surface area contributed by atoms with Crippen LogP contribution in [0.2, 0.25) is 0 Å². The minimum Gasteiger partial charge on any atom is -0.466 e. The van der Waals surface area contributed by atoms with Crippen LogP contribution in [0.3, 0.4) is 0 Å². The first-order valence-corrected chi connectivity index (χ1v) is 9.21. The highest BCUT2D eigenvalue weighted by Crippen LogP contribution is 2.20. The number of hydrogen-bond acceptors (Lipinski definition) is 8. The van der Waals surface area contributed by atoms with Gasteiger partial charge in [-0.3, -0.25) is 9.59 Å². The van der Waals surface area contributed by atoms with E-state index in [9.17, 15) is 9.59 Å². The second-order valence-electron chi connectivity index (χ2n) is 5.61. The summed E-state index contributed by atoms with van der Waals surface area (Å²) in [5.74, 6) is -0.639. The number of anilines is 1. The maximum absolute atomic E-state index is 12.8. The zero-order chi connectivity index (χ0) is 19.1. The van der Waals surface area contributed by atoms with Gasteiger partial charge < -0.3 is 10.1 Å². The summed E-state index contributed by atoms with van der Waals surface area (Å²) in [6, 6.07) is 8.98. The molecule has 1 N–H and O–H groups in total. The van der Waals surface area contributed by atoms with Gasteiger partial charge in [0.15, 0.2) is 5.13 Å². The van der Waals surface area contributed by atoms with Crippen LogP contribution in [0, 0.1) is 0 Å². The molecule has 0 unspecified atom stereocenters. The fourth-order valence-electron chi connectivity index (χ4n) is 2.45. The van der Waals surface area contributed by atoms with Gasteiger partial charge in [-0.25, -0.2) is 9.67 Å². The fourth-order valence-corrected chi connectivity index (χ4v) is 3.16. The number of carbonyl (C=O) groups excluding carboxylic acids is 2. The van der Waals surface area contributed by atoms with Crippen LogP contribution in [0.15, 0.2) is 42.0 Å². The molecule has 1 atom stereocenters. The van der Waals surface area contributed by atoms with Gasteiger partial charge in [0.1, 0.15) is 12.4 Å². The van der Waals surface area contributed by atoms with Crippen LogP contribution in [0.5, 0.6) is 0 Å². The molecule has 0 aliphatic carbocycles. The van der Waals surface area contributed by atoms with Crippen molar-refractivity contribution in [2.24, 2.45) is 0 Å². The van der Waals surface area contributed by atoms with E-state index in [2.05, 4.69) is 25.8 Å². The van der Waals surface area contributed by atoms with E-state index in [1.165, 1.54) is 22.3 Å². The molecule has 0 spiro atoms. The summed E-state index contributed by atoms with van der Waals surface area (Å²) >= 11 is 1.25. The van der Waals surface area contributed by atoms with Crippen LogP contribution in [0.1, 0.15) is 24.2 Å². The normalized spacial score (nSPS) is 11.7. The third kappa shape index (κ3) is 5.17. The minimum atomic E-state index is -0.625. The molecule has 0 aliphatic rings. The van der Waals surface area contributed by atoms with Gasteiger partial charge in [-0.1, -0.05) is 30.3 Å². The van der Waals surface area contributed by atoms with E-state index in [-0.39, 0.29) is 18.3 Å². The van der Waals surface area contributed by atoms with Gasteiger partial charge in [0, 0.05) is 11.8 Å². The number of amides is 1. The van der Waals surface area contributed by atoms with Crippen molar-refractivity contribution in [1.29, 1.82) is 0 Å². The molecule has 0 bridgehead atoms. The first-order valence-electron chi connectivity index (χ1n) is 8.33. The van der Waals surface area contributed by atoms with E-state index in [4.69, 9.17) is 4.74 Å². The Balaban J connectivity index is 1.69. The number of benzene rings is 1. The van der Waals surface area contributed by atoms with Crippen molar-refractivity contribution in [2.75, 3.05) is 11.9 Å². The van der Waals surface area contributed by atoms with Gasteiger partial charge in [0.2, 0.25) is 0 Å². The Hall–Kier alpha value is -3.14. The average molecular weight is 386 g/mol. The van der Waals surface area contributed by atoms with Crippen LogP contribution in [-0.4, -0.2) is 43.7 Å². The molecule has 10 heteroatoms. The zero-order valence-electron chi connectivity index (χ0n) is 14.6. The minimum absolute atomic E-state index is 0.0701. The van der Waals surface area contributed by atoms with E-state index in [0.29, 0.717) is 23.9 Å². The van der Waals surface area contributed by atoms with Gasteiger partial charge in [-0.15, -0.1) is 16.4 Å². The third-order valence-corrected chi connectivity index (χ3v) is 4.48. The van der Waals surface area contributed by atoms with E-state index >= 15 is 0 Å². The second kappa shape index (κ2) is 8.99. The smallest absolute Gasteiger partial charge is 0.311 e. The summed E-state index contributed by atoms with van der Waals surface area (Å²) < 4.78 is 6.31. The first-order chi connectivity index (χ1) is 13.2. The predicted octanol–water partition coefficient (Wildman–Crippen LogP) is 1.66. The van der Waals surface area contributed by atoms with Crippen LogP contribution >= 0.6 is 11.3 Å². The van der Waals surface area contributed by atoms with Gasteiger partial charge in [0.05, 0.1) is 18.7 Å². The molecule has 0 saturated heterocycles. The molecule has 0 aliphatic heterocycles. The second-order valence-corrected chi connectivity index (χ2v) is 6.47. The Kier molecular flexibility index (Phi) is 6.21. The molecule has 1 aromatic carbocycles. The number of rotatable bonds is 8. The molecule has 9 nitrogen and oxygen atoms in total. The van der Waals surface area contributed by atoms with E-state index < -0.39 is 6.04 Å². The summed E-state index contributed by atoms with van der Waals surface area (Å²) in [4.78, 5) is 28.6. The SMILES string of the molecule is CCOC(=O)Cc1csc(NC(=O)[C@H](Cc2ccccc2)n2cnnn2)n1. The average Bonchev–Trinajstić information content (AvgIpc) is 3.33. The van der Waals surface area contributed by atoms with Crippen molar-refractivity contribution in [3.63, 3.8) is 0 Å². The molecular formula is C17H18N6O3S.